The smallest absolute Gasteiger partial charge is 0.0714 e. The fraction of sp³-hybridized carbons (Fsp3) is 0.0877. The van der Waals surface area contributed by atoms with Crippen LogP contribution in [0.25, 0.3) is 45.5 Å². The molecular weight excluding hydrogens is 699 g/mol. The van der Waals surface area contributed by atoms with Gasteiger partial charge in [-0.1, -0.05) is 164 Å². The number of allylic oxidation sites excluding steroid dienone is 2. The Kier molecular flexibility index (Phi) is 7.40. The molecule has 0 aromatic heterocycles. The molecule has 3 aliphatic rings. The van der Waals surface area contributed by atoms with Crippen molar-refractivity contribution in [1.29, 1.82) is 0 Å². The SMILES string of the molecule is [2H]c1c([2H])c(N(c2ccccc2)c2ccc3c(c2)C(c2ccccc2)(c2ccccc2)c2ccccc2-3)c([2H])c([2H])c1-c1cccc(-c2cc3c(c4c2C=CCC4)CCC=C3)c1. The predicted octanol–water partition coefficient (Wildman–Crippen LogP) is 14.8. The van der Waals surface area contributed by atoms with Gasteiger partial charge in [0.25, 0.3) is 0 Å². The van der Waals surface area contributed by atoms with Crippen LogP contribution in [0.15, 0.2) is 200 Å². The number of anilines is 3. The molecule has 1 heteroatoms. The van der Waals surface area contributed by atoms with Crippen molar-refractivity contribution >= 4 is 29.2 Å². The molecule has 0 bridgehead atoms. The minimum absolute atomic E-state index is 0.0779. The Labute approximate surface area is 347 Å². The number of fused-ring (bicyclic) bond motifs is 6. The Balaban J connectivity index is 1.10. The molecule has 0 radical (unpaired) electrons. The van der Waals surface area contributed by atoms with Crippen molar-refractivity contribution in [1.82, 2.24) is 0 Å². The van der Waals surface area contributed by atoms with Crippen molar-refractivity contribution in [3.63, 3.8) is 0 Å². The van der Waals surface area contributed by atoms with Crippen molar-refractivity contribution in [3.8, 4) is 33.4 Å². The maximum absolute atomic E-state index is 9.76. The average Bonchev–Trinajstić information content (AvgIpc) is 3.63. The molecule has 58 heavy (non-hydrogen) atoms. The van der Waals surface area contributed by atoms with E-state index in [1.807, 2.05) is 53.4 Å². The van der Waals surface area contributed by atoms with E-state index in [4.69, 9.17) is 0 Å². The van der Waals surface area contributed by atoms with Crippen LogP contribution in [0.2, 0.25) is 0 Å². The number of rotatable bonds is 7. The van der Waals surface area contributed by atoms with Gasteiger partial charge in [0.05, 0.1) is 10.9 Å². The maximum atomic E-state index is 9.76. The molecular formula is C57H43N. The fourth-order valence-electron chi connectivity index (χ4n) is 9.81. The first-order valence-corrected chi connectivity index (χ1v) is 20.4. The lowest BCUT2D eigenvalue weighted by molar-refractivity contribution is 0.768. The molecule has 11 rings (SSSR count). The van der Waals surface area contributed by atoms with E-state index in [2.05, 4.69) is 140 Å². The van der Waals surface area contributed by atoms with E-state index in [0.717, 1.165) is 76.0 Å². The highest BCUT2D eigenvalue weighted by molar-refractivity contribution is 5.90. The van der Waals surface area contributed by atoms with Gasteiger partial charge in [-0.3, -0.25) is 0 Å². The van der Waals surface area contributed by atoms with Crippen LogP contribution in [0.1, 0.15) is 62.8 Å². The van der Waals surface area contributed by atoms with Crippen molar-refractivity contribution < 1.29 is 5.48 Å². The zero-order chi connectivity index (χ0) is 42.0. The normalized spacial score (nSPS) is 15.2. The third-order valence-electron chi connectivity index (χ3n) is 12.3. The van der Waals surface area contributed by atoms with Gasteiger partial charge in [-0.15, -0.1) is 0 Å². The molecule has 276 valence electrons. The maximum Gasteiger partial charge on any atom is 0.0714 e. The van der Waals surface area contributed by atoms with E-state index >= 15 is 0 Å². The second-order valence-electron chi connectivity index (χ2n) is 15.5. The number of hydrogen-bond donors (Lipinski definition) is 0. The highest BCUT2D eigenvalue weighted by Crippen LogP contribution is 2.57. The first kappa shape index (κ1) is 30.2. The lowest BCUT2D eigenvalue weighted by atomic mass is 9.67. The summed E-state index contributed by atoms with van der Waals surface area (Å²) < 4.78 is 38.8. The van der Waals surface area contributed by atoms with Crippen LogP contribution in [0, 0.1) is 0 Å². The van der Waals surface area contributed by atoms with Gasteiger partial charge in [-0.25, -0.2) is 0 Å². The summed E-state index contributed by atoms with van der Waals surface area (Å²) in [7, 11) is 0. The predicted molar refractivity (Wildman–Crippen MR) is 244 cm³/mol. The fourth-order valence-corrected chi connectivity index (χ4v) is 9.81. The van der Waals surface area contributed by atoms with E-state index in [1.165, 1.54) is 27.8 Å². The summed E-state index contributed by atoms with van der Waals surface area (Å²) in [4.78, 5) is 1.91. The summed E-state index contributed by atoms with van der Waals surface area (Å²) in [5, 5.41) is 0. The Hall–Kier alpha value is -6.96. The van der Waals surface area contributed by atoms with Crippen LogP contribution in [-0.2, 0) is 18.3 Å². The second-order valence-corrected chi connectivity index (χ2v) is 15.5. The zero-order valence-electron chi connectivity index (χ0n) is 36.2. The van der Waals surface area contributed by atoms with Gasteiger partial charge >= 0.3 is 0 Å². The van der Waals surface area contributed by atoms with Gasteiger partial charge in [0.2, 0.25) is 0 Å². The van der Waals surface area contributed by atoms with E-state index in [0.29, 0.717) is 5.56 Å². The Morgan fingerprint density at radius 3 is 1.83 bits per heavy atom. The van der Waals surface area contributed by atoms with E-state index in [1.54, 1.807) is 0 Å². The van der Waals surface area contributed by atoms with Crippen LogP contribution in [0.4, 0.5) is 17.1 Å². The number of benzene rings is 8. The lowest BCUT2D eigenvalue weighted by Gasteiger charge is -2.35. The molecule has 0 N–H and O–H groups in total. The van der Waals surface area contributed by atoms with Crippen LogP contribution in [0.3, 0.4) is 0 Å². The number of hydrogen-bond acceptors (Lipinski definition) is 1. The van der Waals surface area contributed by atoms with Crippen LogP contribution >= 0.6 is 0 Å². The molecule has 0 aliphatic heterocycles. The van der Waals surface area contributed by atoms with E-state index in [-0.39, 0.29) is 35.4 Å². The molecule has 0 heterocycles. The van der Waals surface area contributed by atoms with Gasteiger partial charge in [0.15, 0.2) is 0 Å². The topological polar surface area (TPSA) is 3.24 Å². The summed E-state index contributed by atoms with van der Waals surface area (Å²) in [5.74, 6) is 0. The van der Waals surface area contributed by atoms with Crippen molar-refractivity contribution in [2.24, 2.45) is 0 Å². The number of nitrogens with zero attached hydrogens (tertiary/aromatic N) is 1. The Morgan fingerprint density at radius 1 is 0.431 bits per heavy atom. The summed E-state index contributed by atoms with van der Waals surface area (Å²) in [6, 6.07) is 56.1. The number of para-hydroxylation sites is 1. The molecule has 0 amide bonds. The Bertz CT molecular complexity index is 3050. The van der Waals surface area contributed by atoms with E-state index < -0.39 is 5.41 Å². The van der Waals surface area contributed by atoms with Crippen molar-refractivity contribution in [2.75, 3.05) is 4.90 Å². The van der Waals surface area contributed by atoms with Crippen molar-refractivity contribution in [2.45, 2.75) is 31.1 Å². The molecule has 0 unspecified atom stereocenters. The summed E-state index contributed by atoms with van der Waals surface area (Å²) in [5.41, 5.74) is 16.3. The van der Waals surface area contributed by atoms with Gasteiger partial charge < -0.3 is 4.90 Å². The molecule has 8 aromatic rings. The van der Waals surface area contributed by atoms with E-state index in [9.17, 15) is 5.48 Å². The lowest BCUT2D eigenvalue weighted by Crippen LogP contribution is -2.28. The molecule has 0 saturated carbocycles. The molecule has 0 spiro atoms. The minimum Gasteiger partial charge on any atom is -0.310 e. The highest BCUT2D eigenvalue weighted by Gasteiger charge is 2.46. The Morgan fingerprint density at radius 2 is 1.07 bits per heavy atom. The van der Waals surface area contributed by atoms with Gasteiger partial charge in [-0.2, -0.15) is 0 Å². The quantitative estimate of drug-likeness (QED) is 0.157. The highest BCUT2D eigenvalue weighted by atomic mass is 15.1. The summed E-state index contributed by atoms with van der Waals surface area (Å²) >= 11 is 0. The third kappa shape index (κ3) is 5.53. The molecule has 0 atom stereocenters. The van der Waals surface area contributed by atoms with Gasteiger partial charge in [-0.05, 0) is 152 Å². The first-order valence-electron chi connectivity index (χ1n) is 22.4. The minimum atomic E-state index is -0.653. The standard InChI is InChI=1S/C57H43N/c1-4-20-44(21-5-1)57(45-22-6-2-7-23-45)55-30-15-14-29-52(55)53-36-35-48(39-56(53)57)58(46-24-8-3-9-25-46)47-33-31-40(32-34-47)41-18-16-19-42(37-41)54-38-43-17-10-11-26-49(43)50-27-12-13-28-51(50)54/h1-10,13-25,28-39H,11-12,26-27H2/i31D,32D,33D,34D. The molecule has 1 nitrogen and oxygen atoms in total. The van der Waals surface area contributed by atoms with Crippen LogP contribution < -0.4 is 4.90 Å². The zero-order valence-corrected chi connectivity index (χ0v) is 32.2. The molecule has 0 saturated heterocycles. The summed E-state index contributed by atoms with van der Waals surface area (Å²) in [6.07, 6.45) is 13.2. The molecule has 8 aromatic carbocycles. The summed E-state index contributed by atoms with van der Waals surface area (Å²) in [6.45, 7) is 0. The van der Waals surface area contributed by atoms with Gasteiger partial charge in [0.1, 0.15) is 0 Å². The average molecular weight is 746 g/mol. The first-order chi connectivity index (χ1) is 30.4. The van der Waals surface area contributed by atoms with Crippen molar-refractivity contribution in [3.05, 3.63) is 245 Å². The largest absolute Gasteiger partial charge is 0.310 e. The van der Waals surface area contributed by atoms with Crippen LogP contribution in [0.5, 0.6) is 0 Å². The monoisotopic (exact) mass is 745 g/mol. The van der Waals surface area contributed by atoms with Crippen LogP contribution in [-0.4, -0.2) is 0 Å². The van der Waals surface area contributed by atoms with Gasteiger partial charge in [0, 0.05) is 17.1 Å². The molecule has 0 fully saturated rings. The molecule has 3 aliphatic carbocycles. The second kappa shape index (κ2) is 14.2. The third-order valence-corrected chi connectivity index (χ3v) is 12.3.